The van der Waals surface area contributed by atoms with Crippen LogP contribution in [0.25, 0.3) is 5.57 Å². The van der Waals surface area contributed by atoms with Gasteiger partial charge in [-0.3, -0.25) is 4.79 Å². The highest BCUT2D eigenvalue weighted by molar-refractivity contribution is 5.78. The number of likely N-dealkylation sites (tertiary alicyclic amines) is 1. The highest BCUT2D eigenvalue weighted by Crippen LogP contribution is 2.44. The molecule has 0 aliphatic carbocycles. The molecule has 0 atom stereocenters. The molecule has 1 aromatic carbocycles. The second kappa shape index (κ2) is 4.84. The van der Waals surface area contributed by atoms with E-state index in [0.717, 1.165) is 22.3 Å². The van der Waals surface area contributed by atoms with E-state index >= 15 is 0 Å². The van der Waals surface area contributed by atoms with Crippen molar-refractivity contribution < 1.29 is 22.7 Å². The summed E-state index contributed by atoms with van der Waals surface area (Å²) in [4.78, 5) is 12.8. The maximum absolute atomic E-state index is 12.3. The normalized spacial score (nSPS) is 19.0. The third-order valence-electron chi connectivity index (χ3n) is 4.19. The minimum absolute atomic E-state index is 0.182. The number of allylic oxidation sites excluding steroid dienone is 1. The molecule has 2 heterocycles. The van der Waals surface area contributed by atoms with Gasteiger partial charge in [0.2, 0.25) is 5.91 Å². The lowest BCUT2D eigenvalue weighted by molar-refractivity contribution is -0.185. The van der Waals surface area contributed by atoms with Crippen LogP contribution in [0.4, 0.5) is 13.2 Å². The molecule has 2 aliphatic rings. The zero-order chi connectivity index (χ0) is 16.1. The summed E-state index contributed by atoms with van der Waals surface area (Å²) in [5, 5.41) is 0. The van der Waals surface area contributed by atoms with Gasteiger partial charge in [-0.15, -0.1) is 0 Å². The Morgan fingerprint density at radius 3 is 2.68 bits per heavy atom. The smallest absolute Gasteiger partial charge is 0.362 e. The van der Waals surface area contributed by atoms with Gasteiger partial charge >= 0.3 is 6.18 Å². The van der Waals surface area contributed by atoms with Crippen molar-refractivity contribution in [1.29, 1.82) is 0 Å². The molecule has 0 unspecified atom stereocenters. The molecule has 0 saturated carbocycles. The molecule has 1 spiro atoms. The Bertz CT molecular complexity index is 645. The summed E-state index contributed by atoms with van der Waals surface area (Å²) in [7, 11) is 0. The minimum Gasteiger partial charge on any atom is -0.362 e. The van der Waals surface area contributed by atoms with E-state index in [-0.39, 0.29) is 13.1 Å². The fraction of sp³-hybridized carbons (Fsp3) is 0.438. The summed E-state index contributed by atoms with van der Waals surface area (Å²) in [6, 6.07) is 5.85. The molecule has 22 heavy (non-hydrogen) atoms. The van der Waals surface area contributed by atoms with Crippen LogP contribution >= 0.6 is 0 Å². The van der Waals surface area contributed by atoms with Crippen LogP contribution in [0.3, 0.4) is 0 Å². The van der Waals surface area contributed by atoms with E-state index in [2.05, 4.69) is 6.58 Å². The van der Waals surface area contributed by atoms with Crippen molar-refractivity contribution in [1.82, 2.24) is 4.90 Å². The number of carbonyl (C=O) groups is 1. The molecule has 1 saturated heterocycles. The first-order valence-electron chi connectivity index (χ1n) is 6.98. The van der Waals surface area contributed by atoms with E-state index < -0.39 is 24.1 Å². The standard InChI is InChI=1S/C16H16F3NO2/c1-10(2)11-3-4-13-12(5-11)7-22-15(13)8-20(9-15)14(21)6-16(17,18)19/h3-5H,1,6-9H2,2H3. The fourth-order valence-corrected chi connectivity index (χ4v) is 3.01. The number of halogens is 3. The third kappa shape index (κ3) is 2.52. The van der Waals surface area contributed by atoms with Crippen molar-refractivity contribution in [2.45, 2.75) is 31.7 Å². The van der Waals surface area contributed by atoms with Gasteiger partial charge in [-0.05, 0) is 29.7 Å². The molecule has 3 nitrogen and oxygen atoms in total. The number of hydrogen-bond acceptors (Lipinski definition) is 2. The summed E-state index contributed by atoms with van der Waals surface area (Å²) < 4.78 is 42.6. The summed E-state index contributed by atoms with van der Waals surface area (Å²) in [5.74, 6) is -0.895. The molecule has 6 heteroatoms. The molecule has 3 rings (SSSR count). The lowest BCUT2D eigenvalue weighted by Crippen LogP contribution is -2.61. The fourth-order valence-electron chi connectivity index (χ4n) is 3.01. The minimum atomic E-state index is -4.47. The van der Waals surface area contributed by atoms with Crippen molar-refractivity contribution >= 4 is 11.5 Å². The van der Waals surface area contributed by atoms with Gasteiger partial charge in [0.25, 0.3) is 0 Å². The van der Waals surface area contributed by atoms with Gasteiger partial charge in [0.1, 0.15) is 12.0 Å². The van der Waals surface area contributed by atoms with Crippen LogP contribution in [0.2, 0.25) is 0 Å². The topological polar surface area (TPSA) is 29.5 Å². The number of nitrogens with zero attached hydrogens (tertiary/aromatic N) is 1. The summed E-state index contributed by atoms with van der Waals surface area (Å²) in [5.41, 5.74) is 3.31. The molecule has 0 bridgehead atoms. The van der Waals surface area contributed by atoms with Gasteiger partial charge < -0.3 is 9.64 Å². The van der Waals surface area contributed by atoms with Crippen molar-refractivity contribution in [2.75, 3.05) is 13.1 Å². The first kappa shape index (κ1) is 15.1. The van der Waals surface area contributed by atoms with Crippen molar-refractivity contribution in [3.63, 3.8) is 0 Å². The quantitative estimate of drug-likeness (QED) is 0.839. The van der Waals surface area contributed by atoms with Crippen LogP contribution in [0.1, 0.15) is 30.0 Å². The zero-order valence-electron chi connectivity index (χ0n) is 12.2. The van der Waals surface area contributed by atoms with E-state index in [1.54, 1.807) is 0 Å². The first-order chi connectivity index (χ1) is 10.2. The predicted molar refractivity (Wildman–Crippen MR) is 74.9 cm³/mol. The molecule has 0 N–H and O–H groups in total. The van der Waals surface area contributed by atoms with Gasteiger partial charge in [-0.1, -0.05) is 24.3 Å². The second-order valence-corrected chi connectivity index (χ2v) is 5.98. The Hall–Kier alpha value is -1.82. The van der Waals surface area contributed by atoms with E-state index in [1.807, 2.05) is 25.1 Å². The molecular weight excluding hydrogens is 295 g/mol. The summed E-state index contributed by atoms with van der Waals surface area (Å²) in [6.07, 6.45) is -5.88. The van der Waals surface area contributed by atoms with E-state index in [1.165, 1.54) is 4.90 Å². The number of carbonyl (C=O) groups excluding carboxylic acids is 1. The highest BCUT2D eigenvalue weighted by Gasteiger charge is 2.52. The van der Waals surface area contributed by atoms with Gasteiger partial charge in [0, 0.05) is 0 Å². The monoisotopic (exact) mass is 311 g/mol. The van der Waals surface area contributed by atoms with Crippen LogP contribution in [0.5, 0.6) is 0 Å². The summed E-state index contributed by atoms with van der Waals surface area (Å²) >= 11 is 0. The Kier molecular flexibility index (Phi) is 3.32. The SMILES string of the molecule is C=C(C)c1ccc2c(c1)COC21CN(C(=O)CC(F)(F)F)C1. The second-order valence-electron chi connectivity index (χ2n) is 5.98. The third-order valence-corrected chi connectivity index (χ3v) is 4.19. The number of ether oxygens (including phenoxy) is 1. The molecule has 118 valence electrons. The Morgan fingerprint density at radius 1 is 1.41 bits per heavy atom. The van der Waals surface area contributed by atoms with Crippen LogP contribution in [0.15, 0.2) is 24.8 Å². The van der Waals surface area contributed by atoms with Crippen molar-refractivity contribution in [3.8, 4) is 0 Å². The van der Waals surface area contributed by atoms with E-state index in [0.29, 0.717) is 6.61 Å². The highest BCUT2D eigenvalue weighted by atomic mass is 19.4. The molecule has 1 amide bonds. The van der Waals surface area contributed by atoms with Crippen LogP contribution in [0, 0.1) is 0 Å². The van der Waals surface area contributed by atoms with Gasteiger partial charge in [-0.25, -0.2) is 0 Å². The number of alkyl halides is 3. The molecule has 1 fully saturated rings. The predicted octanol–water partition coefficient (Wildman–Crippen LogP) is 3.24. The van der Waals surface area contributed by atoms with Crippen LogP contribution in [-0.4, -0.2) is 30.1 Å². The lowest BCUT2D eigenvalue weighted by atomic mass is 9.84. The number of amides is 1. The largest absolute Gasteiger partial charge is 0.397 e. The molecule has 0 radical (unpaired) electrons. The zero-order valence-corrected chi connectivity index (χ0v) is 12.2. The Balaban J connectivity index is 1.73. The molecule has 2 aliphatic heterocycles. The average Bonchev–Trinajstić information content (AvgIpc) is 2.73. The molecular formula is C16H16F3NO2. The van der Waals surface area contributed by atoms with Crippen LogP contribution < -0.4 is 0 Å². The van der Waals surface area contributed by atoms with Gasteiger partial charge in [-0.2, -0.15) is 13.2 Å². The number of rotatable bonds is 2. The average molecular weight is 311 g/mol. The number of hydrogen-bond donors (Lipinski definition) is 0. The van der Waals surface area contributed by atoms with Gasteiger partial charge in [0.15, 0.2) is 0 Å². The number of benzene rings is 1. The maximum Gasteiger partial charge on any atom is 0.397 e. The maximum atomic E-state index is 12.3. The Morgan fingerprint density at radius 2 is 2.09 bits per heavy atom. The number of fused-ring (bicyclic) bond motifs is 2. The van der Waals surface area contributed by atoms with Crippen LogP contribution in [-0.2, 0) is 21.7 Å². The Labute approximate surface area is 126 Å². The molecule has 0 aromatic heterocycles. The van der Waals surface area contributed by atoms with E-state index in [4.69, 9.17) is 4.74 Å². The van der Waals surface area contributed by atoms with Crippen molar-refractivity contribution in [3.05, 3.63) is 41.5 Å². The first-order valence-corrected chi connectivity index (χ1v) is 6.98. The van der Waals surface area contributed by atoms with Gasteiger partial charge in [0.05, 0.1) is 19.7 Å². The van der Waals surface area contributed by atoms with E-state index in [9.17, 15) is 18.0 Å². The van der Waals surface area contributed by atoms with Crippen molar-refractivity contribution in [2.24, 2.45) is 0 Å². The lowest BCUT2D eigenvalue weighted by Gasteiger charge is -2.47. The summed E-state index contributed by atoms with van der Waals surface area (Å²) in [6.45, 7) is 6.58. The molecule has 1 aromatic rings.